The zero-order valence-corrected chi connectivity index (χ0v) is 27.9. The van der Waals surface area contributed by atoms with Gasteiger partial charge < -0.3 is 15.6 Å². The number of allylic oxidation sites excluding steroid dienone is 1. The number of phenolic OH excluding ortho intramolecular Hbond substituents is 1. The fraction of sp³-hybridized carbons (Fsp3) is 0.432. The number of rotatable bonds is 4. The summed E-state index contributed by atoms with van der Waals surface area (Å²) in [6.07, 6.45) is 13.3. The standard InChI is InChI=1S/C37H44N2O4S2/c1-3-25-12-14-30(40)22-31(41)15-13-27-21-34(43-2)33(42)20-28(27)18-26-19-32(36(38)39-23-26)35(45-44-24-25)37(16-8-5-9-17-37)29-10-6-4-7-11-29/h4,6-7,10-11,13,15,19-21,23,25,35,42H,3,5,8-9,12,14,16-18,22,24H2,1-2H3,(H2,38,39). The molecule has 0 radical (unpaired) electrons. The van der Waals surface area contributed by atoms with E-state index in [1.807, 2.05) is 27.8 Å². The molecule has 2 atom stereocenters. The van der Waals surface area contributed by atoms with E-state index in [0.29, 0.717) is 30.3 Å². The van der Waals surface area contributed by atoms with Crippen molar-refractivity contribution in [2.24, 2.45) is 5.92 Å². The maximum atomic E-state index is 12.8. The number of anilines is 1. The highest BCUT2D eigenvalue weighted by Gasteiger charge is 2.43. The first-order valence-electron chi connectivity index (χ1n) is 16.0. The van der Waals surface area contributed by atoms with E-state index >= 15 is 0 Å². The molecule has 2 unspecified atom stereocenters. The molecule has 0 saturated heterocycles. The second-order valence-electron chi connectivity index (χ2n) is 12.4. The number of Topliss-reactive ketones (excluding diaryl/α,β-unsaturated/α-hetero) is 1. The van der Waals surface area contributed by atoms with Crippen LogP contribution in [-0.2, 0) is 21.4 Å². The van der Waals surface area contributed by atoms with Crippen LogP contribution in [0.25, 0.3) is 6.08 Å². The van der Waals surface area contributed by atoms with Gasteiger partial charge in [0.2, 0.25) is 0 Å². The number of methoxy groups -OCH3 is 1. The predicted octanol–water partition coefficient (Wildman–Crippen LogP) is 8.65. The molecule has 5 rings (SSSR count). The number of pyridine rings is 1. The van der Waals surface area contributed by atoms with Crippen molar-refractivity contribution in [2.75, 3.05) is 18.6 Å². The van der Waals surface area contributed by atoms with Crippen molar-refractivity contribution in [3.05, 3.63) is 88.6 Å². The summed E-state index contributed by atoms with van der Waals surface area (Å²) < 4.78 is 5.38. The summed E-state index contributed by atoms with van der Waals surface area (Å²) >= 11 is 0. The predicted molar refractivity (Wildman–Crippen MR) is 187 cm³/mol. The Labute approximate surface area is 275 Å². The first kappa shape index (κ1) is 33.1. The normalized spacial score (nSPS) is 21.4. The molecule has 6 nitrogen and oxygen atoms in total. The van der Waals surface area contributed by atoms with Gasteiger partial charge >= 0.3 is 0 Å². The number of carbonyl (C=O) groups excluding carboxylic acids is 2. The Hall–Kier alpha value is -3.23. The van der Waals surface area contributed by atoms with Gasteiger partial charge in [-0.1, -0.05) is 90.6 Å². The number of nitrogen functional groups attached to an aromatic ring is 1. The molecule has 1 saturated carbocycles. The van der Waals surface area contributed by atoms with Crippen LogP contribution in [0.5, 0.6) is 11.5 Å². The van der Waals surface area contributed by atoms with Gasteiger partial charge in [0.15, 0.2) is 17.3 Å². The van der Waals surface area contributed by atoms with Gasteiger partial charge in [0.1, 0.15) is 11.6 Å². The van der Waals surface area contributed by atoms with Gasteiger partial charge in [-0.15, -0.1) is 0 Å². The average Bonchev–Trinajstić information content (AvgIpc) is 3.05. The highest BCUT2D eigenvalue weighted by atomic mass is 33.1. The Bertz CT molecular complexity index is 1520. The van der Waals surface area contributed by atoms with Crippen LogP contribution in [-0.4, -0.2) is 34.5 Å². The van der Waals surface area contributed by atoms with Crippen molar-refractivity contribution >= 4 is 45.0 Å². The summed E-state index contributed by atoms with van der Waals surface area (Å²) in [5.74, 6) is 1.94. The average molecular weight is 645 g/mol. The summed E-state index contributed by atoms with van der Waals surface area (Å²) in [5.41, 5.74) is 11.6. The summed E-state index contributed by atoms with van der Waals surface area (Å²) in [4.78, 5) is 30.3. The van der Waals surface area contributed by atoms with Crippen LogP contribution in [0.3, 0.4) is 0 Å². The molecule has 1 aliphatic heterocycles. The molecule has 8 heteroatoms. The van der Waals surface area contributed by atoms with E-state index in [4.69, 9.17) is 15.5 Å². The fourth-order valence-electron chi connectivity index (χ4n) is 6.76. The molecule has 1 fully saturated rings. The summed E-state index contributed by atoms with van der Waals surface area (Å²) in [5, 5.41) is 10.8. The topological polar surface area (TPSA) is 103 Å². The van der Waals surface area contributed by atoms with E-state index in [9.17, 15) is 14.7 Å². The number of ether oxygens (including phenoxy) is 1. The highest BCUT2D eigenvalue weighted by Crippen LogP contribution is 2.58. The summed E-state index contributed by atoms with van der Waals surface area (Å²) in [6, 6.07) is 16.5. The zero-order chi connectivity index (χ0) is 31.8. The molecule has 0 amide bonds. The number of nitrogens with zero attached hydrogens (tertiary/aromatic N) is 1. The van der Waals surface area contributed by atoms with Crippen molar-refractivity contribution in [1.82, 2.24) is 4.98 Å². The second-order valence-corrected chi connectivity index (χ2v) is 14.9. The minimum Gasteiger partial charge on any atom is -0.504 e. The van der Waals surface area contributed by atoms with E-state index in [0.717, 1.165) is 53.7 Å². The minimum atomic E-state index is -0.227. The lowest BCUT2D eigenvalue weighted by Crippen LogP contribution is -2.35. The Balaban J connectivity index is 1.63. The molecular formula is C37H44N2O4S2. The minimum absolute atomic E-state index is 0.0254. The molecule has 1 aromatic heterocycles. The van der Waals surface area contributed by atoms with Crippen LogP contribution in [0.1, 0.15) is 97.8 Å². The van der Waals surface area contributed by atoms with Crippen LogP contribution < -0.4 is 10.5 Å². The number of benzene rings is 2. The lowest BCUT2D eigenvalue weighted by Gasteiger charge is -2.44. The lowest BCUT2D eigenvalue weighted by molar-refractivity contribution is -0.124. The molecule has 1 aliphatic carbocycles. The van der Waals surface area contributed by atoms with Gasteiger partial charge in [-0.05, 0) is 78.1 Å². The molecular weight excluding hydrogens is 601 g/mol. The third-order valence-corrected chi connectivity index (χ3v) is 12.5. The number of carbonyl (C=O) groups is 2. The Morgan fingerprint density at radius 2 is 1.82 bits per heavy atom. The Morgan fingerprint density at radius 3 is 2.56 bits per heavy atom. The van der Waals surface area contributed by atoms with Crippen LogP contribution in [0.2, 0.25) is 0 Å². The number of aromatic hydroxyl groups is 1. The van der Waals surface area contributed by atoms with E-state index in [1.165, 1.54) is 38.0 Å². The smallest absolute Gasteiger partial charge is 0.163 e. The molecule has 2 aliphatic rings. The van der Waals surface area contributed by atoms with Crippen LogP contribution in [0, 0.1) is 5.92 Å². The molecule has 2 heterocycles. The third-order valence-electron chi connectivity index (χ3n) is 9.42. The van der Waals surface area contributed by atoms with Gasteiger partial charge in [0.05, 0.1) is 18.8 Å². The highest BCUT2D eigenvalue weighted by molar-refractivity contribution is 8.76. The lowest BCUT2D eigenvalue weighted by atomic mass is 9.65. The largest absolute Gasteiger partial charge is 0.504 e. The number of phenols is 1. The summed E-state index contributed by atoms with van der Waals surface area (Å²) in [7, 11) is 5.28. The molecule has 238 valence electrons. The molecule has 3 aromatic rings. The number of ketones is 2. The number of hydrogen-bond donors (Lipinski definition) is 2. The first-order chi connectivity index (χ1) is 21.8. The van der Waals surface area contributed by atoms with Crippen molar-refractivity contribution in [2.45, 2.75) is 81.8 Å². The number of aromatic nitrogens is 1. The van der Waals surface area contributed by atoms with Crippen LogP contribution >= 0.6 is 21.6 Å². The van der Waals surface area contributed by atoms with Gasteiger partial charge in [-0.25, -0.2) is 4.98 Å². The van der Waals surface area contributed by atoms with Crippen LogP contribution in [0.15, 0.2) is 60.8 Å². The van der Waals surface area contributed by atoms with E-state index in [1.54, 1.807) is 18.2 Å². The van der Waals surface area contributed by atoms with E-state index < -0.39 is 0 Å². The van der Waals surface area contributed by atoms with Crippen molar-refractivity contribution in [1.29, 1.82) is 0 Å². The number of hydrogen-bond acceptors (Lipinski definition) is 8. The fourth-order valence-corrected chi connectivity index (χ4v) is 10.5. The van der Waals surface area contributed by atoms with Gasteiger partial charge in [0.25, 0.3) is 0 Å². The molecule has 2 aromatic carbocycles. The SMILES string of the molecule is CCC1CCC(=O)CC(=O)C=Cc2cc(OC)c(O)cc2Cc2cnc(N)c(c2)C(C2(c3ccccc3)CCCCC2)SSC1. The first-order valence-corrected chi connectivity index (χ1v) is 18.4. The zero-order valence-electron chi connectivity index (χ0n) is 26.3. The van der Waals surface area contributed by atoms with Gasteiger partial charge in [-0.2, -0.15) is 0 Å². The Morgan fingerprint density at radius 1 is 1.04 bits per heavy atom. The quantitative estimate of drug-likeness (QED) is 0.215. The number of fused-ring (bicyclic) bond motifs is 3. The second kappa shape index (κ2) is 15.4. The van der Waals surface area contributed by atoms with Gasteiger partial charge in [0, 0.05) is 29.3 Å². The van der Waals surface area contributed by atoms with Crippen molar-refractivity contribution in [3.8, 4) is 11.5 Å². The van der Waals surface area contributed by atoms with E-state index in [2.05, 4.69) is 43.3 Å². The van der Waals surface area contributed by atoms with Gasteiger partial charge in [-0.3, -0.25) is 9.59 Å². The van der Waals surface area contributed by atoms with Crippen LogP contribution in [0.4, 0.5) is 5.82 Å². The molecule has 0 spiro atoms. The molecule has 45 heavy (non-hydrogen) atoms. The summed E-state index contributed by atoms with van der Waals surface area (Å²) in [6.45, 7) is 2.18. The maximum absolute atomic E-state index is 12.8. The third kappa shape index (κ3) is 7.95. The molecule has 2 bridgehead atoms. The molecule has 3 N–H and O–H groups in total. The number of nitrogens with two attached hydrogens (primary N) is 1. The van der Waals surface area contributed by atoms with Crippen molar-refractivity contribution < 1.29 is 19.4 Å². The Kier molecular flexibility index (Phi) is 11.3. The van der Waals surface area contributed by atoms with Crippen molar-refractivity contribution in [3.63, 3.8) is 0 Å². The maximum Gasteiger partial charge on any atom is 0.163 e. The van der Waals surface area contributed by atoms with E-state index in [-0.39, 0.29) is 34.4 Å². The monoisotopic (exact) mass is 644 g/mol.